The van der Waals surface area contributed by atoms with E-state index in [0.717, 1.165) is 20.9 Å². The van der Waals surface area contributed by atoms with Crippen LogP contribution in [0.2, 0.25) is 0 Å². The third-order valence-corrected chi connectivity index (χ3v) is 11.8. The Kier molecular flexibility index (Phi) is 7.63. The second-order valence-corrected chi connectivity index (χ2v) is 15.4. The van der Waals surface area contributed by atoms with Crippen LogP contribution in [0.3, 0.4) is 0 Å². The summed E-state index contributed by atoms with van der Waals surface area (Å²) in [7, 11) is 2.14. The Morgan fingerprint density at radius 2 is 1.40 bits per heavy atom. The molecule has 0 unspecified atom stereocenters. The molecule has 0 bridgehead atoms. The number of para-hydroxylation sites is 2. The molecule has 0 N–H and O–H groups in total. The van der Waals surface area contributed by atoms with E-state index in [-0.39, 0.29) is 10.8 Å². The molecular formula is C41H42N4OPt-2. The van der Waals surface area contributed by atoms with Gasteiger partial charge in [-0.3, -0.25) is 0 Å². The zero-order valence-electron chi connectivity index (χ0n) is 28.7. The summed E-state index contributed by atoms with van der Waals surface area (Å²) in [6, 6.07) is 30.9. The van der Waals surface area contributed by atoms with Crippen LogP contribution in [-0.4, -0.2) is 18.7 Å². The molecule has 0 atom stereocenters. The van der Waals surface area contributed by atoms with E-state index in [9.17, 15) is 0 Å². The Labute approximate surface area is 289 Å². The number of aryl methyl sites for hydroxylation is 1. The summed E-state index contributed by atoms with van der Waals surface area (Å²) in [6.45, 7) is 18.4. The van der Waals surface area contributed by atoms with Crippen LogP contribution in [0.4, 0.5) is 0 Å². The second-order valence-electron chi connectivity index (χ2n) is 14.4. The molecule has 1 aliphatic rings. The van der Waals surface area contributed by atoms with Gasteiger partial charge in [-0.25, -0.2) is 0 Å². The Hall–Kier alpha value is -3.95. The van der Waals surface area contributed by atoms with Crippen molar-refractivity contribution in [2.45, 2.75) is 78.1 Å². The first kappa shape index (κ1) is 31.6. The number of nitrogens with zero attached hydrogens (tertiary/aromatic N) is 4. The van der Waals surface area contributed by atoms with Crippen LogP contribution in [0.5, 0.6) is 11.5 Å². The van der Waals surface area contributed by atoms with E-state index in [0.29, 0.717) is 23.3 Å². The molecule has 0 aliphatic carbocycles. The van der Waals surface area contributed by atoms with Gasteiger partial charge in [0.25, 0.3) is 0 Å². The van der Waals surface area contributed by atoms with Crippen molar-refractivity contribution in [3.8, 4) is 34.3 Å². The van der Waals surface area contributed by atoms with Crippen molar-refractivity contribution in [2.24, 2.45) is 7.05 Å². The molecule has 0 radical (unpaired) electrons. The van der Waals surface area contributed by atoms with Gasteiger partial charge in [0, 0.05) is 0 Å². The molecule has 1 aliphatic heterocycles. The number of hydrogen-bond donors (Lipinski definition) is 0. The van der Waals surface area contributed by atoms with Gasteiger partial charge in [-0.15, -0.1) is 0 Å². The molecule has 0 saturated heterocycles. The molecule has 0 amide bonds. The van der Waals surface area contributed by atoms with Crippen LogP contribution in [0.15, 0.2) is 79.1 Å². The monoisotopic (exact) mass is 801 g/mol. The maximum atomic E-state index is 6.57. The predicted octanol–water partition coefficient (Wildman–Crippen LogP) is 10.1. The number of imidazole rings is 2. The molecule has 6 aromatic rings. The minimum absolute atomic E-state index is 0.131. The van der Waals surface area contributed by atoms with Crippen LogP contribution in [0, 0.1) is 15.9 Å². The van der Waals surface area contributed by atoms with E-state index >= 15 is 0 Å². The zero-order valence-corrected chi connectivity index (χ0v) is 30.9. The number of fused-ring (bicyclic) bond motifs is 2. The Bertz CT molecular complexity index is 2200. The quantitative estimate of drug-likeness (QED) is 0.157. The Balaban J connectivity index is 1.33. The topological polar surface area (TPSA) is 36.9 Å². The van der Waals surface area contributed by atoms with Gasteiger partial charge >= 0.3 is 222 Å². The molecule has 4 aromatic carbocycles. The summed E-state index contributed by atoms with van der Waals surface area (Å²) in [5.41, 5.74) is 10.4. The van der Waals surface area contributed by atoms with E-state index in [4.69, 9.17) is 9.72 Å². The van der Waals surface area contributed by atoms with Crippen LogP contribution < -0.4 is 4.74 Å². The summed E-state index contributed by atoms with van der Waals surface area (Å²) in [5.74, 6) is 2.86. The molecule has 6 heteroatoms. The Morgan fingerprint density at radius 3 is 2.11 bits per heavy atom. The van der Waals surface area contributed by atoms with E-state index in [1.807, 2.05) is 18.3 Å². The number of ether oxygens (including phenoxy) is 1. The van der Waals surface area contributed by atoms with E-state index < -0.39 is 0 Å². The van der Waals surface area contributed by atoms with Crippen molar-refractivity contribution in [1.82, 2.24) is 18.7 Å². The molecule has 3 heterocycles. The fourth-order valence-electron chi connectivity index (χ4n) is 7.17. The first-order chi connectivity index (χ1) is 22.3. The molecule has 0 saturated carbocycles. The summed E-state index contributed by atoms with van der Waals surface area (Å²) < 4.78 is 14.5. The van der Waals surface area contributed by atoms with Crippen LogP contribution in [-0.2, 0) is 37.2 Å². The van der Waals surface area contributed by atoms with Gasteiger partial charge in [-0.2, -0.15) is 0 Å². The van der Waals surface area contributed by atoms with E-state index in [1.54, 1.807) is 0 Å². The van der Waals surface area contributed by atoms with Crippen molar-refractivity contribution in [2.75, 3.05) is 0 Å². The number of rotatable bonds is 6. The fraction of sp³-hybridized carbons (Fsp3) is 0.317. The minimum atomic E-state index is -0.170. The van der Waals surface area contributed by atoms with Crippen molar-refractivity contribution in [3.63, 3.8) is 0 Å². The van der Waals surface area contributed by atoms with Crippen molar-refractivity contribution < 1.29 is 24.1 Å². The molecule has 2 aromatic heterocycles. The van der Waals surface area contributed by atoms with Gasteiger partial charge in [0.05, 0.1) is 0 Å². The van der Waals surface area contributed by atoms with Crippen molar-refractivity contribution in [1.29, 1.82) is 0 Å². The Morgan fingerprint density at radius 1 is 0.766 bits per heavy atom. The van der Waals surface area contributed by atoms with Crippen LogP contribution >= 0.6 is 0 Å². The summed E-state index contributed by atoms with van der Waals surface area (Å²) in [4.78, 5) is 4.83. The SMILES string of the molecule is CC(C)c1cccc(C(C)C)c1-n1ccnc1-c1[c-]c(Oc2[c-]c3c(cc2)C(C)(C)C(C)(C)c2cccc4c2n-3[c](=[Pt])n4C)ccc1. The normalized spacial score (nSPS) is 14.9. The summed E-state index contributed by atoms with van der Waals surface area (Å²) in [6.07, 6.45) is 3.93. The molecule has 7 rings (SSSR count). The molecule has 0 fully saturated rings. The van der Waals surface area contributed by atoms with Gasteiger partial charge in [0.15, 0.2) is 0 Å². The number of aromatic nitrogens is 4. The number of hydrogen-bond acceptors (Lipinski definition) is 2. The van der Waals surface area contributed by atoms with Crippen molar-refractivity contribution in [3.05, 3.63) is 117 Å². The fourth-order valence-corrected chi connectivity index (χ4v) is 7.95. The molecular weight excluding hydrogens is 760 g/mol. The third kappa shape index (κ3) is 4.84. The first-order valence-corrected chi connectivity index (χ1v) is 17.6. The van der Waals surface area contributed by atoms with E-state index in [2.05, 4.69) is 168 Å². The van der Waals surface area contributed by atoms with Gasteiger partial charge in [-0.1, -0.05) is 45.9 Å². The van der Waals surface area contributed by atoms with E-state index in [1.165, 1.54) is 39.0 Å². The summed E-state index contributed by atoms with van der Waals surface area (Å²) in [5, 5.41) is 0. The second kappa shape index (κ2) is 11.3. The van der Waals surface area contributed by atoms with Crippen molar-refractivity contribution >= 4 is 11.0 Å². The molecule has 244 valence electrons. The van der Waals surface area contributed by atoms with Crippen LogP contribution in [0.1, 0.15) is 89.5 Å². The summed E-state index contributed by atoms with van der Waals surface area (Å²) >= 11 is 2.44. The molecule has 0 spiro atoms. The van der Waals surface area contributed by atoms with Gasteiger partial charge in [0.2, 0.25) is 0 Å². The number of benzene rings is 4. The standard InChI is InChI=1S/C41H42N4O.Pt/c1-26(2)31-15-11-16-32(27(3)4)37(31)44-22-21-42-39(44)28-13-10-14-29(23-28)46-30-19-20-33-36(24-30)45-25-43(9)35-18-12-17-34(38(35)45)41(7,8)40(33,5)6;/h10-22,26-27H,1-9H3;/q-2;. The molecule has 5 nitrogen and oxygen atoms in total. The van der Waals surface area contributed by atoms with Gasteiger partial charge < -0.3 is 0 Å². The maximum absolute atomic E-state index is 6.57. The zero-order chi connectivity index (χ0) is 33.4. The molecule has 47 heavy (non-hydrogen) atoms. The average molecular weight is 802 g/mol. The average Bonchev–Trinajstić information content (AvgIpc) is 3.61. The van der Waals surface area contributed by atoms with Gasteiger partial charge in [-0.05, 0) is 23.0 Å². The van der Waals surface area contributed by atoms with Gasteiger partial charge in [0.1, 0.15) is 0 Å². The van der Waals surface area contributed by atoms with Crippen LogP contribution in [0.25, 0.3) is 33.8 Å². The third-order valence-electron chi connectivity index (χ3n) is 10.5. The predicted molar refractivity (Wildman–Crippen MR) is 186 cm³/mol. The first-order valence-electron chi connectivity index (χ1n) is 16.4.